The molecule has 1 N–H and O–H groups in total. The maximum Gasteiger partial charge on any atom is 0.343 e. The molecule has 1 aromatic carbocycles. The molecule has 0 bridgehead atoms. The molecule has 1 heterocycles. The van der Waals surface area contributed by atoms with E-state index in [4.69, 9.17) is 9.47 Å². The number of carbonyl (C=O) groups is 1. The van der Waals surface area contributed by atoms with Crippen molar-refractivity contribution in [2.75, 3.05) is 19.0 Å². The Balaban J connectivity index is 2.23. The summed E-state index contributed by atoms with van der Waals surface area (Å²) in [4.78, 5) is 12.0. The molecule has 21 heavy (non-hydrogen) atoms. The van der Waals surface area contributed by atoms with Crippen LogP contribution in [0.4, 0.5) is 10.7 Å². The second-order valence-electron chi connectivity index (χ2n) is 4.45. The number of ether oxygens (including phenoxy) is 2. The summed E-state index contributed by atoms with van der Waals surface area (Å²) in [5.41, 5.74) is 3.12. The van der Waals surface area contributed by atoms with E-state index in [1.807, 2.05) is 24.3 Å². The third kappa shape index (κ3) is 3.80. The molecule has 0 saturated carbocycles. The van der Waals surface area contributed by atoms with Gasteiger partial charge in [0.05, 0.1) is 18.9 Å². The van der Waals surface area contributed by atoms with E-state index in [-0.39, 0.29) is 5.97 Å². The zero-order valence-electron chi connectivity index (χ0n) is 12.3. The Kier molecular flexibility index (Phi) is 5.30. The van der Waals surface area contributed by atoms with Gasteiger partial charge in [0.25, 0.3) is 0 Å². The minimum Gasteiger partial charge on any atom is -0.462 e. The second kappa shape index (κ2) is 7.19. The highest BCUT2D eigenvalue weighted by molar-refractivity contribution is 7.10. The Hall–Kier alpha value is -1.92. The molecule has 0 saturated heterocycles. The number of carbonyl (C=O) groups excluding carboxylic acids is 1. The van der Waals surface area contributed by atoms with Gasteiger partial charge in [-0.3, -0.25) is 0 Å². The van der Waals surface area contributed by atoms with Crippen molar-refractivity contribution >= 4 is 28.2 Å². The molecule has 1 aromatic heterocycles. The summed E-state index contributed by atoms with van der Waals surface area (Å²) in [5, 5.41) is 3.93. The van der Waals surface area contributed by atoms with Crippen LogP contribution in [0, 0.1) is 6.92 Å². The fourth-order valence-electron chi connectivity index (χ4n) is 1.94. The summed E-state index contributed by atoms with van der Waals surface area (Å²) in [6, 6.07) is 7.84. The van der Waals surface area contributed by atoms with Gasteiger partial charge in [-0.25, -0.2) is 4.79 Å². The van der Waals surface area contributed by atoms with Crippen molar-refractivity contribution in [2.45, 2.75) is 20.5 Å². The number of esters is 1. The van der Waals surface area contributed by atoms with E-state index in [1.165, 1.54) is 11.5 Å². The van der Waals surface area contributed by atoms with Crippen LogP contribution in [0.15, 0.2) is 24.3 Å². The van der Waals surface area contributed by atoms with E-state index >= 15 is 0 Å². The predicted octanol–water partition coefficient (Wildman–Crippen LogP) is 3.52. The van der Waals surface area contributed by atoms with Gasteiger partial charge in [0.2, 0.25) is 0 Å². The monoisotopic (exact) mass is 306 g/mol. The van der Waals surface area contributed by atoms with Gasteiger partial charge < -0.3 is 14.8 Å². The van der Waals surface area contributed by atoms with E-state index in [2.05, 4.69) is 9.69 Å². The SMILES string of the molecule is CCOC(=O)c1c(C)nsc1Nc1cccc(COC)c1. The molecule has 0 aliphatic carbocycles. The van der Waals surface area contributed by atoms with E-state index < -0.39 is 0 Å². The van der Waals surface area contributed by atoms with E-state index in [0.717, 1.165) is 11.3 Å². The number of aromatic nitrogens is 1. The Morgan fingerprint density at radius 1 is 1.43 bits per heavy atom. The number of nitrogens with one attached hydrogen (secondary N) is 1. The normalized spacial score (nSPS) is 10.4. The van der Waals surface area contributed by atoms with Crippen LogP contribution < -0.4 is 5.32 Å². The summed E-state index contributed by atoms with van der Waals surface area (Å²) in [6.45, 7) is 4.47. The van der Waals surface area contributed by atoms with Gasteiger partial charge in [-0.15, -0.1) is 0 Å². The van der Waals surface area contributed by atoms with Crippen LogP contribution in [-0.2, 0) is 16.1 Å². The lowest BCUT2D eigenvalue weighted by Gasteiger charge is -2.08. The molecule has 0 fully saturated rings. The number of benzene rings is 1. The zero-order chi connectivity index (χ0) is 15.2. The van der Waals surface area contributed by atoms with Gasteiger partial charge in [0.1, 0.15) is 10.6 Å². The van der Waals surface area contributed by atoms with Crippen LogP contribution in [0.3, 0.4) is 0 Å². The molecule has 0 unspecified atom stereocenters. The van der Waals surface area contributed by atoms with Gasteiger partial charge >= 0.3 is 5.97 Å². The highest BCUT2D eigenvalue weighted by Crippen LogP contribution is 2.29. The molecule has 0 aliphatic rings. The minimum atomic E-state index is -0.348. The highest BCUT2D eigenvalue weighted by atomic mass is 32.1. The summed E-state index contributed by atoms with van der Waals surface area (Å²) < 4.78 is 14.4. The maximum atomic E-state index is 12.0. The first kappa shape index (κ1) is 15.5. The lowest BCUT2D eigenvalue weighted by atomic mass is 10.2. The lowest BCUT2D eigenvalue weighted by Crippen LogP contribution is -2.07. The number of hydrogen-bond donors (Lipinski definition) is 1. The average molecular weight is 306 g/mol. The Bertz CT molecular complexity index is 625. The van der Waals surface area contributed by atoms with E-state index in [9.17, 15) is 4.79 Å². The highest BCUT2D eigenvalue weighted by Gasteiger charge is 2.19. The molecule has 0 amide bonds. The first-order chi connectivity index (χ1) is 10.2. The first-order valence-corrected chi connectivity index (χ1v) is 7.41. The Morgan fingerprint density at radius 3 is 2.95 bits per heavy atom. The van der Waals surface area contributed by atoms with Crippen LogP contribution in [-0.4, -0.2) is 24.1 Å². The van der Waals surface area contributed by atoms with Crippen molar-refractivity contribution in [3.05, 3.63) is 41.1 Å². The standard InChI is InChI=1S/C15H18N2O3S/c1-4-20-15(18)13-10(2)17-21-14(13)16-12-7-5-6-11(8-12)9-19-3/h5-8,16H,4,9H2,1-3H3. The zero-order valence-corrected chi connectivity index (χ0v) is 13.1. The molecular weight excluding hydrogens is 288 g/mol. The van der Waals surface area contributed by atoms with Gasteiger partial charge in [0.15, 0.2) is 0 Å². The summed E-state index contributed by atoms with van der Waals surface area (Å²) in [5.74, 6) is -0.348. The van der Waals surface area contributed by atoms with Crippen LogP contribution in [0.5, 0.6) is 0 Å². The number of hydrogen-bond acceptors (Lipinski definition) is 6. The molecule has 2 rings (SSSR count). The summed E-state index contributed by atoms with van der Waals surface area (Å²) >= 11 is 1.25. The fraction of sp³-hybridized carbons (Fsp3) is 0.333. The Labute approximate surface area is 128 Å². The number of nitrogens with zero attached hydrogens (tertiary/aromatic N) is 1. The van der Waals surface area contributed by atoms with Crippen LogP contribution in [0.2, 0.25) is 0 Å². The summed E-state index contributed by atoms with van der Waals surface area (Å²) in [6.07, 6.45) is 0. The average Bonchev–Trinajstić information content (AvgIpc) is 2.81. The van der Waals surface area contributed by atoms with Crippen molar-refractivity contribution in [1.82, 2.24) is 4.37 Å². The molecule has 112 valence electrons. The largest absolute Gasteiger partial charge is 0.462 e. The van der Waals surface area contributed by atoms with Gasteiger partial charge in [-0.1, -0.05) is 12.1 Å². The summed E-state index contributed by atoms with van der Waals surface area (Å²) in [7, 11) is 1.66. The minimum absolute atomic E-state index is 0.344. The van der Waals surface area contributed by atoms with Gasteiger partial charge in [-0.2, -0.15) is 4.37 Å². The first-order valence-electron chi connectivity index (χ1n) is 6.64. The molecular formula is C15H18N2O3S. The topological polar surface area (TPSA) is 60.5 Å². The van der Waals surface area contributed by atoms with Crippen molar-refractivity contribution in [2.24, 2.45) is 0 Å². The molecule has 5 nitrogen and oxygen atoms in total. The number of anilines is 2. The molecule has 2 aromatic rings. The predicted molar refractivity (Wildman–Crippen MR) is 83.2 cm³/mol. The number of methoxy groups -OCH3 is 1. The van der Waals surface area contributed by atoms with E-state index in [1.54, 1.807) is 21.0 Å². The quantitative estimate of drug-likeness (QED) is 0.827. The van der Waals surface area contributed by atoms with Crippen molar-refractivity contribution in [3.8, 4) is 0 Å². The number of rotatable bonds is 6. The molecule has 0 radical (unpaired) electrons. The molecule has 0 atom stereocenters. The van der Waals surface area contributed by atoms with Crippen LogP contribution in [0.1, 0.15) is 28.5 Å². The lowest BCUT2D eigenvalue weighted by molar-refractivity contribution is 0.0527. The van der Waals surface area contributed by atoms with E-state index in [0.29, 0.717) is 29.5 Å². The second-order valence-corrected chi connectivity index (χ2v) is 5.22. The maximum absolute atomic E-state index is 12.0. The third-order valence-electron chi connectivity index (χ3n) is 2.84. The van der Waals surface area contributed by atoms with Crippen molar-refractivity contribution < 1.29 is 14.3 Å². The molecule has 0 spiro atoms. The van der Waals surface area contributed by atoms with Gasteiger partial charge in [0, 0.05) is 12.8 Å². The molecule has 0 aliphatic heterocycles. The smallest absolute Gasteiger partial charge is 0.343 e. The third-order valence-corrected chi connectivity index (χ3v) is 3.69. The van der Waals surface area contributed by atoms with Crippen LogP contribution >= 0.6 is 11.5 Å². The molecule has 6 heteroatoms. The van der Waals surface area contributed by atoms with Crippen molar-refractivity contribution in [1.29, 1.82) is 0 Å². The van der Waals surface area contributed by atoms with Crippen LogP contribution in [0.25, 0.3) is 0 Å². The Morgan fingerprint density at radius 2 is 2.24 bits per heavy atom. The fourth-order valence-corrected chi connectivity index (χ4v) is 2.74. The van der Waals surface area contributed by atoms with Crippen molar-refractivity contribution in [3.63, 3.8) is 0 Å². The van der Waals surface area contributed by atoms with Gasteiger partial charge in [-0.05, 0) is 43.1 Å². The number of aryl methyl sites for hydroxylation is 1.